The quantitative estimate of drug-likeness (QED) is 0.807. The molecule has 1 unspecified atom stereocenters. The van der Waals surface area contributed by atoms with Gasteiger partial charge in [-0.15, -0.1) is 5.10 Å². The van der Waals surface area contributed by atoms with Gasteiger partial charge in [-0.3, -0.25) is 9.36 Å². The highest BCUT2D eigenvalue weighted by molar-refractivity contribution is 4.94. The minimum absolute atomic E-state index is 0.568. The molecule has 1 aliphatic heterocycles. The minimum Gasteiger partial charge on any atom is -0.381 e. The molecule has 1 saturated heterocycles. The molecule has 0 radical (unpaired) electrons. The van der Waals surface area contributed by atoms with Gasteiger partial charge in [-0.05, 0) is 18.9 Å². The summed E-state index contributed by atoms with van der Waals surface area (Å²) in [6.45, 7) is 3.31. The monoisotopic (exact) mass is 247 g/mol. The molecule has 0 amide bonds. The van der Waals surface area contributed by atoms with E-state index in [9.17, 15) is 0 Å². The Morgan fingerprint density at radius 3 is 3.17 bits per heavy atom. The molecule has 3 rings (SSSR count). The highest BCUT2D eigenvalue weighted by Crippen LogP contribution is 2.15. The number of rotatable bonds is 4. The van der Waals surface area contributed by atoms with E-state index in [4.69, 9.17) is 4.74 Å². The predicted molar refractivity (Wildman–Crippen MR) is 64.9 cm³/mol. The van der Waals surface area contributed by atoms with E-state index < -0.39 is 0 Å². The van der Waals surface area contributed by atoms with Gasteiger partial charge >= 0.3 is 0 Å². The lowest BCUT2D eigenvalue weighted by Gasteiger charge is -2.21. The summed E-state index contributed by atoms with van der Waals surface area (Å²) in [5.74, 6) is 0.568. The fourth-order valence-electron chi connectivity index (χ4n) is 2.28. The van der Waals surface area contributed by atoms with Gasteiger partial charge in [0.15, 0.2) is 0 Å². The summed E-state index contributed by atoms with van der Waals surface area (Å²) < 4.78 is 9.23. The van der Waals surface area contributed by atoms with E-state index in [-0.39, 0.29) is 0 Å². The molecular weight excluding hydrogens is 230 g/mol. The van der Waals surface area contributed by atoms with Crippen molar-refractivity contribution in [2.75, 3.05) is 13.2 Å². The second-order valence-electron chi connectivity index (χ2n) is 4.72. The summed E-state index contributed by atoms with van der Waals surface area (Å²) >= 11 is 0. The lowest BCUT2D eigenvalue weighted by Crippen LogP contribution is -2.22. The van der Waals surface area contributed by atoms with Gasteiger partial charge in [-0.2, -0.15) is 5.10 Å². The second kappa shape index (κ2) is 5.30. The van der Waals surface area contributed by atoms with Crippen molar-refractivity contribution in [3.05, 3.63) is 30.4 Å². The number of hydrogen-bond donors (Lipinski definition) is 0. The average Bonchev–Trinajstić information content (AvgIpc) is 3.03. The fraction of sp³-hybridized carbons (Fsp3) is 0.583. The Kier molecular flexibility index (Phi) is 3.36. The fourth-order valence-corrected chi connectivity index (χ4v) is 2.28. The van der Waals surface area contributed by atoms with Crippen molar-refractivity contribution in [3.63, 3.8) is 0 Å². The normalized spacial score (nSPS) is 20.1. The first-order valence-electron chi connectivity index (χ1n) is 6.34. The molecule has 0 aliphatic carbocycles. The molecule has 18 heavy (non-hydrogen) atoms. The topological polar surface area (TPSA) is 57.8 Å². The number of aromatic nitrogens is 5. The molecule has 96 valence electrons. The first kappa shape index (κ1) is 11.4. The van der Waals surface area contributed by atoms with Gasteiger partial charge in [0, 0.05) is 31.5 Å². The molecule has 1 fully saturated rings. The lowest BCUT2D eigenvalue weighted by molar-refractivity contribution is 0.0468. The standard InChI is InChI=1S/C12H17N5O/c1-3-11(10-18-6-1)7-17-9-12(14-15-17)8-16-5-2-4-13-16/h2,4-5,9,11H,1,3,6-8,10H2. The third-order valence-corrected chi connectivity index (χ3v) is 3.17. The van der Waals surface area contributed by atoms with Crippen LogP contribution in [0.25, 0.3) is 0 Å². The summed E-state index contributed by atoms with van der Waals surface area (Å²) in [4.78, 5) is 0. The molecule has 6 heteroatoms. The molecule has 0 aromatic carbocycles. The first-order chi connectivity index (χ1) is 8.90. The third kappa shape index (κ3) is 2.76. The van der Waals surface area contributed by atoms with Crippen LogP contribution < -0.4 is 0 Å². The molecule has 2 aromatic rings. The number of hydrogen-bond acceptors (Lipinski definition) is 4. The number of ether oxygens (including phenoxy) is 1. The zero-order valence-electron chi connectivity index (χ0n) is 10.3. The van der Waals surface area contributed by atoms with E-state index in [1.54, 1.807) is 6.20 Å². The first-order valence-corrected chi connectivity index (χ1v) is 6.34. The van der Waals surface area contributed by atoms with Gasteiger partial charge in [0.25, 0.3) is 0 Å². The molecule has 1 atom stereocenters. The van der Waals surface area contributed by atoms with Crippen LogP contribution in [0.4, 0.5) is 0 Å². The van der Waals surface area contributed by atoms with Gasteiger partial charge in [0.05, 0.1) is 19.3 Å². The Balaban J connectivity index is 1.59. The van der Waals surface area contributed by atoms with Crippen molar-refractivity contribution in [1.29, 1.82) is 0 Å². The Bertz CT molecular complexity index is 472. The van der Waals surface area contributed by atoms with E-state index in [1.807, 2.05) is 27.8 Å². The van der Waals surface area contributed by atoms with Crippen LogP contribution in [0.3, 0.4) is 0 Å². The maximum atomic E-state index is 5.47. The lowest BCUT2D eigenvalue weighted by atomic mass is 10.0. The molecule has 0 bridgehead atoms. The summed E-state index contributed by atoms with van der Waals surface area (Å²) in [5.41, 5.74) is 0.940. The van der Waals surface area contributed by atoms with Crippen molar-refractivity contribution in [1.82, 2.24) is 24.8 Å². The van der Waals surface area contributed by atoms with Crippen LogP contribution >= 0.6 is 0 Å². The molecule has 0 saturated carbocycles. The zero-order valence-corrected chi connectivity index (χ0v) is 10.3. The van der Waals surface area contributed by atoms with Crippen molar-refractivity contribution < 1.29 is 4.74 Å². The Hall–Kier alpha value is -1.69. The molecule has 1 aliphatic rings. The average molecular weight is 247 g/mol. The Morgan fingerprint density at radius 2 is 2.39 bits per heavy atom. The van der Waals surface area contributed by atoms with E-state index >= 15 is 0 Å². The Morgan fingerprint density at radius 1 is 1.39 bits per heavy atom. The molecule has 2 aromatic heterocycles. The van der Waals surface area contributed by atoms with Gasteiger partial charge in [-0.25, -0.2) is 0 Å². The van der Waals surface area contributed by atoms with Crippen LogP contribution in [0.2, 0.25) is 0 Å². The van der Waals surface area contributed by atoms with Crippen LogP contribution in [-0.2, 0) is 17.8 Å². The largest absolute Gasteiger partial charge is 0.381 e. The van der Waals surface area contributed by atoms with E-state index in [2.05, 4.69) is 15.4 Å². The molecule has 0 spiro atoms. The predicted octanol–water partition coefficient (Wildman–Crippen LogP) is 0.949. The van der Waals surface area contributed by atoms with Crippen LogP contribution in [0.5, 0.6) is 0 Å². The maximum absolute atomic E-state index is 5.47. The molecular formula is C12H17N5O. The summed E-state index contributed by atoms with van der Waals surface area (Å²) in [6.07, 6.45) is 8.06. The molecule has 0 N–H and O–H groups in total. The van der Waals surface area contributed by atoms with Gasteiger partial charge in [0.1, 0.15) is 5.69 Å². The van der Waals surface area contributed by atoms with Gasteiger partial charge < -0.3 is 4.74 Å². The third-order valence-electron chi connectivity index (χ3n) is 3.17. The van der Waals surface area contributed by atoms with E-state index in [0.29, 0.717) is 12.5 Å². The highest BCUT2D eigenvalue weighted by atomic mass is 16.5. The maximum Gasteiger partial charge on any atom is 0.104 e. The summed E-state index contributed by atoms with van der Waals surface area (Å²) in [5, 5.41) is 12.5. The smallest absolute Gasteiger partial charge is 0.104 e. The van der Waals surface area contributed by atoms with Crippen molar-refractivity contribution >= 4 is 0 Å². The second-order valence-corrected chi connectivity index (χ2v) is 4.72. The van der Waals surface area contributed by atoms with Gasteiger partial charge in [-0.1, -0.05) is 5.21 Å². The van der Waals surface area contributed by atoms with Crippen molar-refractivity contribution in [2.24, 2.45) is 5.92 Å². The Labute approximate surface area is 106 Å². The van der Waals surface area contributed by atoms with Crippen LogP contribution in [0.1, 0.15) is 18.5 Å². The zero-order chi connectivity index (χ0) is 12.2. The van der Waals surface area contributed by atoms with Crippen molar-refractivity contribution in [3.8, 4) is 0 Å². The van der Waals surface area contributed by atoms with E-state index in [0.717, 1.165) is 31.9 Å². The molecule has 3 heterocycles. The van der Waals surface area contributed by atoms with Crippen LogP contribution in [-0.4, -0.2) is 38.0 Å². The highest BCUT2D eigenvalue weighted by Gasteiger charge is 2.15. The summed E-state index contributed by atoms with van der Waals surface area (Å²) in [6, 6.07) is 1.91. The summed E-state index contributed by atoms with van der Waals surface area (Å²) in [7, 11) is 0. The minimum atomic E-state index is 0.568. The SMILES string of the molecule is c1cnn(Cc2cn(CC3CCCOC3)nn2)c1. The van der Waals surface area contributed by atoms with E-state index in [1.165, 1.54) is 6.42 Å². The van der Waals surface area contributed by atoms with Crippen LogP contribution in [0.15, 0.2) is 24.7 Å². The van der Waals surface area contributed by atoms with Crippen LogP contribution in [0, 0.1) is 5.92 Å². The van der Waals surface area contributed by atoms with Crippen molar-refractivity contribution in [2.45, 2.75) is 25.9 Å². The number of nitrogens with zero attached hydrogens (tertiary/aromatic N) is 5. The van der Waals surface area contributed by atoms with Gasteiger partial charge in [0.2, 0.25) is 0 Å². The molecule has 6 nitrogen and oxygen atoms in total.